The Morgan fingerprint density at radius 1 is 1.17 bits per heavy atom. The highest BCUT2D eigenvalue weighted by Gasteiger charge is 2.35. The molecule has 1 aromatic carbocycles. The van der Waals surface area contributed by atoms with Crippen LogP contribution in [-0.4, -0.2) is 55.0 Å². The number of ether oxygens (including phenoxy) is 1. The Labute approximate surface area is 147 Å². The molecule has 1 aromatic rings. The minimum Gasteiger partial charge on any atom is -0.468 e. The van der Waals surface area contributed by atoms with Crippen LogP contribution >= 0.6 is 11.6 Å². The lowest BCUT2D eigenvalue weighted by atomic mass is 9.84. The molecule has 1 atom stereocenters. The molecule has 3 rings (SSSR count). The highest BCUT2D eigenvalue weighted by atomic mass is 35.5. The molecule has 5 nitrogen and oxygen atoms in total. The number of piperazine rings is 1. The first-order chi connectivity index (χ1) is 11.6. The molecule has 2 aliphatic rings. The van der Waals surface area contributed by atoms with E-state index in [0.29, 0.717) is 31.2 Å². The smallest absolute Gasteiger partial charge is 0.327 e. The number of hydrogen-bond donors (Lipinski definition) is 0. The van der Waals surface area contributed by atoms with E-state index in [4.69, 9.17) is 16.3 Å². The van der Waals surface area contributed by atoms with Crippen molar-refractivity contribution in [3.8, 4) is 0 Å². The van der Waals surface area contributed by atoms with Gasteiger partial charge in [-0.1, -0.05) is 36.2 Å². The van der Waals surface area contributed by atoms with Gasteiger partial charge in [0.25, 0.3) is 0 Å². The Balaban J connectivity index is 1.70. The minimum absolute atomic E-state index is 0.219. The molecule has 1 amide bonds. The fourth-order valence-electron chi connectivity index (χ4n) is 3.40. The number of carbonyl (C=O) groups is 2. The van der Waals surface area contributed by atoms with E-state index < -0.39 is 6.04 Å². The Bertz CT molecular complexity index is 610. The lowest BCUT2D eigenvalue weighted by molar-refractivity contribution is -0.149. The standard InChI is InChI=1S/C18H23ClN2O3/c1-24-18(23)16(14-7-2-3-8-15(14)19)20-9-11-21(12-10-20)17(22)13-5-4-6-13/h2-3,7-8,13,16H,4-6,9-12H2,1H3/t16-/m1/s1. The second-order valence-corrected chi connectivity index (χ2v) is 6.84. The summed E-state index contributed by atoms with van der Waals surface area (Å²) in [5.74, 6) is 0.173. The van der Waals surface area contributed by atoms with Crippen LogP contribution in [-0.2, 0) is 14.3 Å². The average molecular weight is 351 g/mol. The topological polar surface area (TPSA) is 49.9 Å². The first-order valence-electron chi connectivity index (χ1n) is 8.47. The van der Waals surface area contributed by atoms with Crippen molar-refractivity contribution >= 4 is 23.5 Å². The van der Waals surface area contributed by atoms with Crippen LogP contribution in [0.15, 0.2) is 24.3 Å². The van der Waals surface area contributed by atoms with E-state index in [9.17, 15) is 9.59 Å². The van der Waals surface area contributed by atoms with E-state index in [1.165, 1.54) is 7.11 Å². The highest BCUT2D eigenvalue weighted by Crippen LogP contribution is 2.31. The van der Waals surface area contributed by atoms with Crippen molar-refractivity contribution in [2.75, 3.05) is 33.3 Å². The fraction of sp³-hybridized carbons (Fsp3) is 0.556. The third-order valence-corrected chi connectivity index (χ3v) is 5.41. The van der Waals surface area contributed by atoms with Crippen molar-refractivity contribution in [1.29, 1.82) is 0 Å². The van der Waals surface area contributed by atoms with Crippen LogP contribution in [0.5, 0.6) is 0 Å². The number of esters is 1. The molecule has 1 aliphatic carbocycles. The average Bonchev–Trinajstić information content (AvgIpc) is 2.55. The lowest BCUT2D eigenvalue weighted by Gasteiger charge is -2.40. The zero-order chi connectivity index (χ0) is 17.1. The number of methoxy groups -OCH3 is 1. The van der Waals surface area contributed by atoms with Crippen molar-refractivity contribution in [1.82, 2.24) is 9.80 Å². The number of amides is 1. The summed E-state index contributed by atoms with van der Waals surface area (Å²) in [6, 6.07) is 6.83. The van der Waals surface area contributed by atoms with Gasteiger partial charge in [0, 0.05) is 37.1 Å². The SMILES string of the molecule is COC(=O)[C@@H](c1ccccc1Cl)N1CCN(C(=O)C2CCC2)CC1. The van der Waals surface area contributed by atoms with Gasteiger partial charge in [0.05, 0.1) is 7.11 Å². The molecule has 0 aromatic heterocycles. The third kappa shape index (κ3) is 3.42. The molecule has 1 heterocycles. The number of nitrogens with zero attached hydrogens (tertiary/aromatic N) is 2. The van der Waals surface area contributed by atoms with Gasteiger partial charge in [0.2, 0.25) is 5.91 Å². The van der Waals surface area contributed by atoms with Crippen LogP contribution in [0.3, 0.4) is 0 Å². The van der Waals surface area contributed by atoms with Gasteiger partial charge in [0.1, 0.15) is 6.04 Å². The second-order valence-electron chi connectivity index (χ2n) is 6.44. The molecule has 0 bridgehead atoms. The van der Waals surface area contributed by atoms with E-state index in [2.05, 4.69) is 4.90 Å². The molecular formula is C18H23ClN2O3. The molecule has 0 N–H and O–H groups in total. The quantitative estimate of drug-likeness (QED) is 0.783. The van der Waals surface area contributed by atoms with Gasteiger partial charge in [0.15, 0.2) is 0 Å². The summed E-state index contributed by atoms with van der Waals surface area (Å²) >= 11 is 6.29. The van der Waals surface area contributed by atoms with Crippen LogP contribution in [0.4, 0.5) is 0 Å². The van der Waals surface area contributed by atoms with E-state index in [-0.39, 0.29) is 17.8 Å². The predicted octanol–water partition coefficient (Wildman–Crippen LogP) is 2.50. The van der Waals surface area contributed by atoms with Crippen LogP contribution in [0, 0.1) is 5.92 Å². The molecule has 24 heavy (non-hydrogen) atoms. The van der Waals surface area contributed by atoms with Crippen molar-refractivity contribution < 1.29 is 14.3 Å². The van der Waals surface area contributed by atoms with Gasteiger partial charge in [-0.2, -0.15) is 0 Å². The van der Waals surface area contributed by atoms with Gasteiger partial charge in [-0.3, -0.25) is 9.69 Å². The second kappa shape index (κ2) is 7.53. The van der Waals surface area contributed by atoms with Gasteiger partial charge in [-0.05, 0) is 24.5 Å². The Morgan fingerprint density at radius 2 is 1.83 bits per heavy atom. The van der Waals surface area contributed by atoms with E-state index >= 15 is 0 Å². The van der Waals surface area contributed by atoms with Crippen molar-refractivity contribution in [2.24, 2.45) is 5.92 Å². The minimum atomic E-state index is -0.523. The van der Waals surface area contributed by atoms with Gasteiger partial charge in [-0.25, -0.2) is 4.79 Å². The first-order valence-corrected chi connectivity index (χ1v) is 8.84. The van der Waals surface area contributed by atoms with Gasteiger partial charge in [-0.15, -0.1) is 0 Å². The molecule has 0 radical (unpaired) electrons. The Morgan fingerprint density at radius 3 is 2.38 bits per heavy atom. The summed E-state index contributed by atoms with van der Waals surface area (Å²) in [6.07, 6.45) is 3.19. The molecule has 1 aliphatic heterocycles. The molecule has 6 heteroatoms. The predicted molar refractivity (Wildman–Crippen MR) is 91.7 cm³/mol. The van der Waals surface area contributed by atoms with Gasteiger partial charge < -0.3 is 9.64 Å². The van der Waals surface area contributed by atoms with Crippen LogP contribution < -0.4 is 0 Å². The summed E-state index contributed by atoms with van der Waals surface area (Å²) in [5.41, 5.74) is 0.754. The first kappa shape index (κ1) is 17.2. The monoisotopic (exact) mass is 350 g/mol. The Hall–Kier alpha value is -1.59. The number of rotatable bonds is 4. The fourth-order valence-corrected chi connectivity index (χ4v) is 3.63. The molecule has 130 valence electrons. The van der Waals surface area contributed by atoms with Crippen molar-refractivity contribution in [3.05, 3.63) is 34.9 Å². The molecule has 1 saturated heterocycles. The van der Waals surface area contributed by atoms with E-state index in [1.807, 2.05) is 23.1 Å². The number of hydrogen-bond acceptors (Lipinski definition) is 4. The lowest BCUT2D eigenvalue weighted by Crippen LogP contribution is -2.53. The van der Waals surface area contributed by atoms with Gasteiger partial charge >= 0.3 is 5.97 Å². The van der Waals surface area contributed by atoms with E-state index in [1.54, 1.807) is 6.07 Å². The highest BCUT2D eigenvalue weighted by molar-refractivity contribution is 6.31. The van der Waals surface area contributed by atoms with Crippen molar-refractivity contribution in [2.45, 2.75) is 25.3 Å². The maximum Gasteiger partial charge on any atom is 0.327 e. The van der Waals surface area contributed by atoms with E-state index in [0.717, 1.165) is 24.8 Å². The largest absolute Gasteiger partial charge is 0.468 e. The molecule has 1 saturated carbocycles. The number of benzene rings is 1. The maximum atomic E-state index is 12.4. The van der Waals surface area contributed by atoms with Crippen LogP contribution in [0.1, 0.15) is 30.9 Å². The number of carbonyl (C=O) groups excluding carboxylic acids is 2. The Kier molecular flexibility index (Phi) is 5.41. The normalized spacial score (nSPS) is 20.3. The summed E-state index contributed by atoms with van der Waals surface area (Å²) in [4.78, 5) is 28.7. The maximum absolute atomic E-state index is 12.4. The molecule has 2 fully saturated rings. The summed E-state index contributed by atoms with van der Waals surface area (Å²) in [6.45, 7) is 2.58. The molecule has 0 unspecified atom stereocenters. The van der Waals surface area contributed by atoms with Crippen molar-refractivity contribution in [3.63, 3.8) is 0 Å². The number of halogens is 1. The molecular weight excluding hydrogens is 328 g/mol. The zero-order valence-electron chi connectivity index (χ0n) is 13.9. The zero-order valence-corrected chi connectivity index (χ0v) is 14.7. The summed E-state index contributed by atoms with van der Waals surface area (Å²) < 4.78 is 4.99. The van der Waals surface area contributed by atoms with Crippen LogP contribution in [0.25, 0.3) is 0 Å². The summed E-state index contributed by atoms with van der Waals surface area (Å²) in [7, 11) is 1.39. The van der Waals surface area contributed by atoms with Crippen LogP contribution in [0.2, 0.25) is 5.02 Å². The third-order valence-electron chi connectivity index (χ3n) is 5.07. The summed E-state index contributed by atoms with van der Waals surface area (Å²) in [5, 5.41) is 0.556. The molecule has 0 spiro atoms.